The van der Waals surface area contributed by atoms with Crippen LogP contribution in [0.15, 0.2) is 6.07 Å². The normalized spacial score (nSPS) is 16.8. The van der Waals surface area contributed by atoms with Crippen LogP contribution in [0.1, 0.15) is 68.2 Å². The van der Waals surface area contributed by atoms with E-state index in [1.165, 1.54) is 32.1 Å². The van der Waals surface area contributed by atoms with Crippen LogP contribution in [0.25, 0.3) is 0 Å². The zero-order valence-electron chi connectivity index (χ0n) is 11.3. The predicted octanol–water partition coefficient (Wildman–Crippen LogP) is 3.13. The maximum absolute atomic E-state index is 11.7. The highest BCUT2D eigenvalue weighted by atomic mass is 16.5. The minimum Gasteiger partial charge on any atom is -0.461 e. The molecule has 4 heteroatoms. The maximum atomic E-state index is 11.7. The predicted molar refractivity (Wildman–Crippen MR) is 69.7 cm³/mol. The fraction of sp³-hybridized carbons (Fsp3) is 0.714. The van der Waals surface area contributed by atoms with Gasteiger partial charge in [-0.1, -0.05) is 26.2 Å². The van der Waals surface area contributed by atoms with Crippen LogP contribution in [0.5, 0.6) is 0 Å². The fourth-order valence-electron chi connectivity index (χ4n) is 2.64. The van der Waals surface area contributed by atoms with Gasteiger partial charge in [0.2, 0.25) is 0 Å². The number of nitrogens with zero attached hydrogens (tertiary/aromatic N) is 2. The van der Waals surface area contributed by atoms with Gasteiger partial charge in [-0.25, -0.2) is 4.79 Å². The summed E-state index contributed by atoms with van der Waals surface area (Å²) in [5, 5.41) is 4.47. The Labute approximate surface area is 108 Å². The average molecular weight is 250 g/mol. The zero-order valence-corrected chi connectivity index (χ0v) is 11.3. The first-order valence-electron chi connectivity index (χ1n) is 7.01. The Bertz CT molecular complexity index is 406. The summed E-state index contributed by atoms with van der Waals surface area (Å²) in [5.74, 6) is -0.304. The quantitative estimate of drug-likeness (QED) is 0.771. The van der Waals surface area contributed by atoms with Crippen molar-refractivity contribution in [2.45, 2.75) is 58.4 Å². The van der Waals surface area contributed by atoms with Gasteiger partial charge in [0.15, 0.2) is 5.69 Å². The summed E-state index contributed by atoms with van der Waals surface area (Å²) >= 11 is 0. The molecule has 1 aromatic rings. The summed E-state index contributed by atoms with van der Waals surface area (Å²) in [5.41, 5.74) is 1.60. The number of aryl methyl sites for hydroxylation is 1. The van der Waals surface area contributed by atoms with E-state index in [9.17, 15) is 4.79 Å². The first kappa shape index (κ1) is 13.1. The number of carbonyl (C=O) groups excluding carboxylic acids is 1. The van der Waals surface area contributed by atoms with Crippen molar-refractivity contribution in [3.63, 3.8) is 0 Å². The summed E-state index contributed by atoms with van der Waals surface area (Å²) < 4.78 is 7.07. The number of rotatable bonds is 4. The number of hydrogen-bond acceptors (Lipinski definition) is 3. The third kappa shape index (κ3) is 2.74. The number of carbonyl (C=O) groups is 1. The number of esters is 1. The number of hydrogen-bond donors (Lipinski definition) is 0. The van der Waals surface area contributed by atoms with Crippen LogP contribution in [0.4, 0.5) is 0 Å². The van der Waals surface area contributed by atoms with Crippen LogP contribution in [0, 0.1) is 0 Å². The lowest BCUT2D eigenvalue weighted by Gasteiger charge is -2.23. The molecular weight excluding hydrogens is 228 g/mol. The lowest BCUT2D eigenvalue weighted by Crippen LogP contribution is -2.17. The van der Waals surface area contributed by atoms with Gasteiger partial charge in [0.05, 0.1) is 12.6 Å². The van der Waals surface area contributed by atoms with Crippen LogP contribution < -0.4 is 0 Å². The van der Waals surface area contributed by atoms with Gasteiger partial charge in [-0.05, 0) is 32.3 Å². The Morgan fingerprint density at radius 3 is 2.72 bits per heavy atom. The highest BCUT2D eigenvalue weighted by Crippen LogP contribution is 2.29. The molecule has 0 radical (unpaired) electrons. The van der Waals surface area contributed by atoms with Crippen LogP contribution in [-0.4, -0.2) is 22.4 Å². The standard InChI is InChI=1S/C14H22N2O2/c1-3-11-10-13(14(17)18-4-2)15-16(11)12-8-6-5-7-9-12/h10,12H,3-9H2,1-2H3. The molecule has 1 aliphatic carbocycles. The highest BCUT2D eigenvalue weighted by molar-refractivity contribution is 5.87. The summed E-state index contributed by atoms with van der Waals surface area (Å²) in [6.45, 7) is 4.32. The minimum atomic E-state index is -0.304. The van der Waals surface area contributed by atoms with Gasteiger partial charge < -0.3 is 4.74 Å². The summed E-state index contributed by atoms with van der Waals surface area (Å²) in [6.07, 6.45) is 7.12. The van der Waals surface area contributed by atoms with Crippen molar-refractivity contribution in [3.8, 4) is 0 Å². The van der Waals surface area contributed by atoms with E-state index >= 15 is 0 Å². The van der Waals surface area contributed by atoms with E-state index in [1.807, 2.05) is 13.0 Å². The Balaban J connectivity index is 2.20. The van der Waals surface area contributed by atoms with E-state index in [1.54, 1.807) is 0 Å². The van der Waals surface area contributed by atoms with Crippen molar-refractivity contribution in [2.24, 2.45) is 0 Å². The van der Waals surface area contributed by atoms with Crippen LogP contribution in [0.2, 0.25) is 0 Å². The second-order valence-electron chi connectivity index (χ2n) is 4.83. The van der Waals surface area contributed by atoms with Gasteiger partial charge in [-0.3, -0.25) is 4.68 Å². The Morgan fingerprint density at radius 2 is 2.11 bits per heavy atom. The topological polar surface area (TPSA) is 44.1 Å². The van der Waals surface area contributed by atoms with Gasteiger partial charge in [-0.15, -0.1) is 0 Å². The van der Waals surface area contributed by atoms with Gasteiger partial charge in [-0.2, -0.15) is 5.10 Å². The van der Waals surface area contributed by atoms with Crippen molar-refractivity contribution in [1.82, 2.24) is 9.78 Å². The van der Waals surface area contributed by atoms with E-state index in [0.29, 0.717) is 18.3 Å². The van der Waals surface area contributed by atoms with Crippen molar-refractivity contribution in [3.05, 3.63) is 17.5 Å². The fourth-order valence-corrected chi connectivity index (χ4v) is 2.64. The van der Waals surface area contributed by atoms with E-state index in [4.69, 9.17) is 4.74 Å². The van der Waals surface area contributed by atoms with E-state index in [-0.39, 0.29) is 5.97 Å². The minimum absolute atomic E-state index is 0.304. The van der Waals surface area contributed by atoms with Gasteiger partial charge in [0, 0.05) is 5.69 Å². The lowest BCUT2D eigenvalue weighted by atomic mass is 9.95. The Hall–Kier alpha value is -1.32. The summed E-state index contributed by atoms with van der Waals surface area (Å²) in [6, 6.07) is 2.35. The molecule has 1 aliphatic rings. The SMILES string of the molecule is CCOC(=O)c1cc(CC)n(C2CCCCC2)n1. The Kier molecular flexibility index (Phi) is 4.39. The molecule has 1 fully saturated rings. The molecule has 1 heterocycles. The number of ether oxygens (including phenoxy) is 1. The average Bonchev–Trinajstić information content (AvgIpc) is 2.84. The molecule has 4 nitrogen and oxygen atoms in total. The molecule has 0 N–H and O–H groups in total. The van der Waals surface area contributed by atoms with Crippen molar-refractivity contribution in [1.29, 1.82) is 0 Å². The molecule has 0 amide bonds. The van der Waals surface area contributed by atoms with Gasteiger partial charge >= 0.3 is 5.97 Å². The van der Waals surface area contributed by atoms with Gasteiger partial charge in [0.25, 0.3) is 0 Å². The molecule has 0 unspecified atom stereocenters. The molecule has 2 rings (SSSR count). The first-order chi connectivity index (χ1) is 8.76. The van der Waals surface area contributed by atoms with E-state index in [0.717, 1.165) is 12.1 Å². The summed E-state index contributed by atoms with van der Waals surface area (Å²) in [4.78, 5) is 11.7. The van der Waals surface area contributed by atoms with E-state index in [2.05, 4.69) is 16.7 Å². The molecule has 0 atom stereocenters. The van der Waals surface area contributed by atoms with Crippen molar-refractivity contribution in [2.75, 3.05) is 6.61 Å². The van der Waals surface area contributed by atoms with Crippen LogP contribution in [-0.2, 0) is 11.2 Å². The monoisotopic (exact) mass is 250 g/mol. The molecule has 0 aliphatic heterocycles. The molecule has 0 aromatic carbocycles. The maximum Gasteiger partial charge on any atom is 0.358 e. The Morgan fingerprint density at radius 1 is 1.39 bits per heavy atom. The second kappa shape index (κ2) is 6.03. The lowest BCUT2D eigenvalue weighted by molar-refractivity contribution is 0.0518. The number of aromatic nitrogens is 2. The zero-order chi connectivity index (χ0) is 13.0. The van der Waals surface area contributed by atoms with Crippen LogP contribution >= 0.6 is 0 Å². The van der Waals surface area contributed by atoms with Crippen molar-refractivity contribution >= 4 is 5.97 Å². The second-order valence-corrected chi connectivity index (χ2v) is 4.83. The van der Waals surface area contributed by atoms with Crippen molar-refractivity contribution < 1.29 is 9.53 Å². The molecule has 1 aromatic heterocycles. The molecule has 18 heavy (non-hydrogen) atoms. The molecule has 0 saturated heterocycles. The highest BCUT2D eigenvalue weighted by Gasteiger charge is 2.21. The first-order valence-corrected chi connectivity index (χ1v) is 7.01. The largest absolute Gasteiger partial charge is 0.461 e. The third-order valence-electron chi connectivity index (χ3n) is 3.58. The van der Waals surface area contributed by atoms with E-state index < -0.39 is 0 Å². The summed E-state index contributed by atoms with van der Waals surface area (Å²) in [7, 11) is 0. The molecule has 0 bridgehead atoms. The molecule has 1 saturated carbocycles. The molecular formula is C14H22N2O2. The van der Waals surface area contributed by atoms with Gasteiger partial charge in [0.1, 0.15) is 0 Å². The third-order valence-corrected chi connectivity index (χ3v) is 3.58. The smallest absolute Gasteiger partial charge is 0.358 e. The molecule has 100 valence electrons. The molecule has 0 spiro atoms. The van der Waals surface area contributed by atoms with Crippen LogP contribution in [0.3, 0.4) is 0 Å².